The van der Waals surface area contributed by atoms with Crippen LogP contribution in [0.3, 0.4) is 0 Å². The molecular formula is C18H33NO5. The Bertz CT molecular complexity index is 402. The summed E-state index contributed by atoms with van der Waals surface area (Å²) in [6, 6.07) is 0. The Labute approximate surface area is 145 Å². The monoisotopic (exact) mass is 343 g/mol. The van der Waals surface area contributed by atoms with Gasteiger partial charge in [-0.15, -0.1) is 0 Å². The van der Waals surface area contributed by atoms with Crippen molar-refractivity contribution < 1.29 is 24.5 Å². The lowest BCUT2D eigenvalue weighted by atomic mass is 9.71. The summed E-state index contributed by atoms with van der Waals surface area (Å²) in [6.45, 7) is 2.15. The number of amides is 1. The normalized spacial score (nSPS) is 26.8. The molecule has 0 heterocycles. The van der Waals surface area contributed by atoms with Crippen molar-refractivity contribution >= 4 is 11.9 Å². The first-order valence-corrected chi connectivity index (χ1v) is 9.10. The molecular weight excluding hydrogens is 310 g/mol. The number of esters is 1. The van der Waals surface area contributed by atoms with Crippen LogP contribution in [-0.2, 0) is 14.3 Å². The molecule has 6 heteroatoms. The van der Waals surface area contributed by atoms with E-state index < -0.39 is 11.1 Å². The zero-order valence-corrected chi connectivity index (χ0v) is 15.1. The zero-order valence-electron chi connectivity index (χ0n) is 15.1. The predicted molar refractivity (Wildman–Crippen MR) is 91.4 cm³/mol. The van der Waals surface area contributed by atoms with Crippen LogP contribution in [-0.4, -0.2) is 46.9 Å². The van der Waals surface area contributed by atoms with Crippen molar-refractivity contribution in [1.29, 1.82) is 0 Å². The zero-order chi connectivity index (χ0) is 18.1. The highest BCUT2D eigenvalue weighted by Crippen LogP contribution is 2.39. The van der Waals surface area contributed by atoms with Gasteiger partial charge in [0.2, 0.25) is 5.91 Å². The minimum Gasteiger partial charge on any atom is -0.469 e. The fourth-order valence-electron chi connectivity index (χ4n) is 3.44. The molecule has 1 amide bonds. The number of methoxy groups -OCH3 is 1. The lowest BCUT2D eigenvalue weighted by Crippen LogP contribution is -2.55. The third-order valence-electron chi connectivity index (χ3n) is 5.06. The Balaban J connectivity index is 2.68. The van der Waals surface area contributed by atoms with E-state index in [1.54, 1.807) is 0 Å². The summed E-state index contributed by atoms with van der Waals surface area (Å²) in [6.07, 6.45) is 6.73. The molecule has 0 radical (unpaired) electrons. The first-order chi connectivity index (χ1) is 11.4. The molecule has 0 aromatic rings. The largest absolute Gasteiger partial charge is 0.469 e. The molecule has 1 aliphatic carbocycles. The number of ether oxygens (including phenoxy) is 1. The Kier molecular flexibility index (Phi) is 8.70. The van der Waals surface area contributed by atoms with Crippen molar-refractivity contribution in [3.63, 3.8) is 0 Å². The van der Waals surface area contributed by atoms with Crippen molar-refractivity contribution in [3.05, 3.63) is 0 Å². The van der Waals surface area contributed by atoms with E-state index >= 15 is 0 Å². The Morgan fingerprint density at radius 1 is 1.12 bits per heavy atom. The summed E-state index contributed by atoms with van der Waals surface area (Å²) in [7, 11) is 1.35. The van der Waals surface area contributed by atoms with E-state index in [2.05, 4.69) is 12.2 Å². The van der Waals surface area contributed by atoms with Gasteiger partial charge < -0.3 is 20.3 Å². The maximum Gasteiger partial charge on any atom is 0.307 e. The molecule has 6 nitrogen and oxygen atoms in total. The lowest BCUT2D eigenvalue weighted by molar-refractivity contribution is -0.144. The van der Waals surface area contributed by atoms with Crippen molar-refractivity contribution in [2.45, 2.75) is 88.7 Å². The fraction of sp³-hybridized carbons (Fsp3) is 0.889. The molecule has 0 aromatic carbocycles. The van der Waals surface area contributed by atoms with E-state index in [-0.39, 0.29) is 24.9 Å². The molecule has 24 heavy (non-hydrogen) atoms. The van der Waals surface area contributed by atoms with Gasteiger partial charge in [-0.3, -0.25) is 9.59 Å². The number of rotatable bonds is 10. The molecule has 0 saturated heterocycles. The van der Waals surface area contributed by atoms with Gasteiger partial charge in [0, 0.05) is 13.0 Å². The highest BCUT2D eigenvalue weighted by molar-refractivity contribution is 5.78. The van der Waals surface area contributed by atoms with E-state index in [0.29, 0.717) is 44.9 Å². The summed E-state index contributed by atoms with van der Waals surface area (Å²) in [5.74, 6) is -0.377. The molecule has 1 fully saturated rings. The summed E-state index contributed by atoms with van der Waals surface area (Å²) in [5.41, 5.74) is -1.43. The second kappa shape index (κ2) is 9.99. The van der Waals surface area contributed by atoms with Crippen molar-refractivity contribution in [1.82, 2.24) is 5.32 Å². The third kappa shape index (κ3) is 6.77. The first kappa shape index (κ1) is 20.9. The minimum atomic E-state index is -0.810. The van der Waals surface area contributed by atoms with Gasteiger partial charge >= 0.3 is 5.97 Å². The van der Waals surface area contributed by atoms with Crippen LogP contribution in [0.2, 0.25) is 0 Å². The number of aliphatic hydroxyl groups excluding tert-OH is 1. The third-order valence-corrected chi connectivity index (χ3v) is 5.06. The number of unbranched alkanes of at least 4 members (excludes halogenated alkanes) is 2. The number of hydrogen-bond acceptors (Lipinski definition) is 5. The second-order valence-corrected chi connectivity index (χ2v) is 7.09. The van der Waals surface area contributed by atoms with E-state index in [4.69, 9.17) is 9.84 Å². The SMILES string of the molecule is CCCCCC(=O)NC1(CC(=O)OC)CCC(O)(CCCO)CC1. The van der Waals surface area contributed by atoms with Gasteiger partial charge in [-0.05, 0) is 44.9 Å². The number of carbonyl (C=O) groups is 2. The van der Waals surface area contributed by atoms with Crippen molar-refractivity contribution in [3.8, 4) is 0 Å². The van der Waals surface area contributed by atoms with Gasteiger partial charge in [-0.1, -0.05) is 19.8 Å². The maximum atomic E-state index is 12.2. The van der Waals surface area contributed by atoms with Crippen LogP contribution >= 0.6 is 0 Å². The van der Waals surface area contributed by atoms with E-state index in [9.17, 15) is 14.7 Å². The topological polar surface area (TPSA) is 95.9 Å². The van der Waals surface area contributed by atoms with Crippen LogP contribution in [0.4, 0.5) is 0 Å². The number of carbonyl (C=O) groups excluding carboxylic acids is 2. The molecule has 0 bridgehead atoms. The molecule has 1 aliphatic rings. The molecule has 1 rings (SSSR count). The quantitative estimate of drug-likeness (QED) is 0.417. The summed E-state index contributed by atoms with van der Waals surface area (Å²) >= 11 is 0. The van der Waals surface area contributed by atoms with Crippen LogP contribution in [0, 0.1) is 0 Å². The molecule has 3 N–H and O–H groups in total. The second-order valence-electron chi connectivity index (χ2n) is 7.09. The summed E-state index contributed by atoms with van der Waals surface area (Å²) in [5, 5.41) is 22.6. The highest BCUT2D eigenvalue weighted by atomic mass is 16.5. The molecule has 0 spiro atoms. The molecule has 0 unspecified atom stereocenters. The fourth-order valence-corrected chi connectivity index (χ4v) is 3.44. The van der Waals surface area contributed by atoms with Crippen LogP contribution < -0.4 is 5.32 Å². The predicted octanol–water partition coefficient (Wildman–Crippen LogP) is 2.06. The molecule has 0 atom stereocenters. The average Bonchev–Trinajstić information content (AvgIpc) is 2.56. The van der Waals surface area contributed by atoms with E-state index in [1.807, 2.05) is 0 Å². The van der Waals surface area contributed by atoms with E-state index in [0.717, 1.165) is 19.3 Å². The van der Waals surface area contributed by atoms with Gasteiger partial charge in [-0.25, -0.2) is 0 Å². The number of hydrogen-bond donors (Lipinski definition) is 3. The van der Waals surface area contributed by atoms with Crippen molar-refractivity contribution in [2.24, 2.45) is 0 Å². The van der Waals surface area contributed by atoms with Gasteiger partial charge in [0.15, 0.2) is 0 Å². The van der Waals surface area contributed by atoms with Gasteiger partial charge in [0.1, 0.15) is 0 Å². The molecule has 140 valence electrons. The summed E-state index contributed by atoms with van der Waals surface area (Å²) < 4.78 is 4.79. The highest BCUT2D eigenvalue weighted by Gasteiger charge is 2.43. The molecule has 0 aliphatic heterocycles. The summed E-state index contributed by atoms with van der Waals surface area (Å²) in [4.78, 5) is 24.0. The van der Waals surface area contributed by atoms with Crippen LogP contribution in [0.25, 0.3) is 0 Å². The maximum absolute atomic E-state index is 12.2. The van der Waals surface area contributed by atoms with Crippen LogP contribution in [0.1, 0.15) is 77.6 Å². The average molecular weight is 343 g/mol. The van der Waals surface area contributed by atoms with Gasteiger partial charge in [-0.2, -0.15) is 0 Å². The Hall–Kier alpha value is -1.14. The van der Waals surface area contributed by atoms with E-state index in [1.165, 1.54) is 7.11 Å². The smallest absolute Gasteiger partial charge is 0.307 e. The molecule has 1 saturated carbocycles. The Morgan fingerprint density at radius 2 is 1.79 bits per heavy atom. The standard InChI is InChI=1S/C18H33NO5/c1-3-4-5-7-15(21)19-17(14-16(22)24-2)9-11-18(23,12-10-17)8-6-13-20/h20,23H,3-14H2,1-2H3,(H,19,21). The lowest BCUT2D eigenvalue weighted by Gasteiger charge is -2.44. The Morgan fingerprint density at radius 3 is 2.33 bits per heavy atom. The van der Waals surface area contributed by atoms with Gasteiger partial charge in [0.05, 0.1) is 24.7 Å². The number of aliphatic hydroxyl groups is 2. The van der Waals surface area contributed by atoms with Crippen molar-refractivity contribution in [2.75, 3.05) is 13.7 Å². The van der Waals surface area contributed by atoms with Crippen LogP contribution in [0.5, 0.6) is 0 Å². The number of nitrogens with one attached hydrogen (secondary N) is 1. The van der Waals surface area contributed by atoms with Gasteiger partial charge in [0.25, 0.3) is 0 Å². The first-order valence-electron chi connectivity index (χ1n) is 9.10. The van der Waals surface area contributed by atoms with Crippen LogP contribution in [0.15, 0.2) is 0 Å². The minimum absolute atomic E-state index is 0.0341. The molecule has 0 aromatic heterocycles.